The number of hydrogen-bond acceptors (Lipinski definition) is 7. The van der Waals surface area contributed by atoms with Gasteiger partial charge in [-0.2, -0.15) is 5.10 Å². The zero-order valence-electron chi connectivity index (χ0n) is 16.8. The minimum absolute atomic E-state index is 0.0137. The van der Waals surface area contributed by atoms with E-state index in [1.165, 1.54) is 24.5 Å². The number of anilines is 2. The van der Waals surface area contributed by atoms with E-state index in [9.17, 15) is 14.7 Å². The number of nitrogen functional groups attached to an aromatic ring is 1. The third kappa shape index (κ3) is 3.94. The van der Waals surface area contributed by atoms with Crippen molar-refractivity contribution >= 4 is 57.6 Å². The Labute approximate surface area is 192 Å². The molecule has 0 saturated carbocycles. The van der Waals surface area contributed by atoms with Gasteiger partial charge in [-0.15, -0.1) is 0 Å². The molecular formula is C20H19Cl2N7O3. The summed E-state index contributed by atoms with van der Waals surface area (Å²) in [6.45, 7) is 4.56. The predicted octanol–water partition coefficient (Wildman–Crippen LogP) is 3.02. The van der Waals surface area contributed by atoms with Crippen molar-refractivity contribution in [2.45, 2.75) is 18.9 Å². The maximum Gasteiger partial charge on any atom is 0.277 e. The Balaban J connectivity index is 1.72. The number of halogens is 2. The number of rotatable bonds is 4. The number of carbonyl (C=O) groups is 2. The van der Waals surface area contributed by atoms with Crippen LogP contribution in [0.15, 0.2) is 31.1 Å². The molecule has 1 atom stereocenters. The van der Waals surface area contributed by atoms with Crippen LogP contribution in [-0.2, 0) is 4.79 Å². The molecule has 3 aromatic rings. The van der Waals surface area contributed by atoms with Crippen LogP contribution >= 0.6 is 23.2 Å². The number of nitrogens with one attached hydrogen (secondary N) is 1. The zero-order chi connectivity index (χ0) is 23.0. The summed E-state index contributed by atoms with van der Waals surface area (Å²) in [6, 6.07) is 2.52. The lowest BCUT2D eigenvalue weighted by Crippen LogP contribution is -2.40. The predicted molar refractivity (Wildman–Crippen MR) is 121 cm³/mol. The van der Waals surface area contributed by atoms with Crippen molar-refractivity contribution in [3.63, 3.8) is 0 Å². The molecule has 1 unspecified atom stereocenters. The Morgan fingerprint density at radius 3 is 2.69 bits per heavy atom. The molecular weight excluding hydrogens is 457 g/mol. The Bertz CT molecular complexity index is 1220. The standard InChI is InChI=1S/C20H19Cl2N7O3/c1-2-14(30)28-5-3-4-11(8-28)29-19-15(18(23)24-9-25-19)16(27-29)20(32)26-10-6-12(21)17(31)13(22)7-10/h2,6-7,9,11,31H,1,3-5,8H2,(H,26,32)(H2,23,24,25). The van der Waals surface area contributed by atoms with Gasteiger partial charge in [-0.05, 0) is 31.1 Å². The molecule has 10 nitrogen and oxygen atoms in total. The molecule has 4 N–H and O–H groups in total. The van der Waals surface area contributed by atoms with E-state index in [1.54, 1.807) is 9.58 Å². The van der Waals surface area contributed by atoms with Gasteiger partial charge in [0.05, 0.1) is 21.5 Å². The number of aromatic hydroxyl groups is 1. The number of nitrogens with two attached hydrogens (primary N) is 1. The van der Waals surface area contributed by atoms with E-state index in [4.69, 9.17) is 28.9 Å². The molecule has 4 rings (SSSR count). The van der Waals surface area contributed by atoms with Crippen LogP contribution in [0.2, 0.25) is 10.0 Å². The van der Waals surface area contributed by atoms with Crippen LogP contribution in [0, 0.1) is 0 Å². The fraction of sp³-hybridized carbons (Fsp3) is 0.250. The van der Waals surface area contributed by atoms with Crippen LogP contribution < -0.4 is 11.1 Å². The minimum Gasteiger partial charge on any atom is -0.505 e. The van der Waals surface area contributed by atoms with Crippen molar-refractivity contribution in [3.8, 4) is 5.75 Å². The largest absolute Gasteiger partial charge is 0.505 e. The van der Waals surface area contributed by atoms with Gasteiger partial charge >= 0.3 is 0 Å². The lowest BCUT2D eigenvalue weighted by molar-refractivity contribution is -0.127. The Kier molecular flexibility index (Phi) is 5.90. The van der Waals surface area contributed by atoms with Gasteiger partial charge in [0.25, 0.3) is 5.91 Å². The van der Waals surface area contributed by atoms with E-state index >= 15 is 0 Å². The van der Waals surface area contributed by atoms with Gasteiger partial charge in [0.15, 0.2) is 17.1 Å². The summed E-state index contributed by atoms with van der Waals surface area (Å²) in [6.07, 6.45) is 4.08. The maximum atomic E-state index is 13.1. The number of phenols is 1. The average Bonchev–Trinajstić information content (AvgIpc) is 3.18. The summed E-state index contributed by atoms with van der Waals surface area (Å²) in [5.41, 5.74) is 6.73. The number of likely N-dealkylation sites (tertiary alicyclic amines) is 1. The summed E-state index contributed by atoms with van der Waals surface area (Å²) in [7, 11) is 0. The van der Waals surface area contributed by atoms with Gasteiger partial charge in [-0.25, -0.2) is 14.6 Å². The van der Waals surface area contributed by atoms with Gasteiger partial charge < -0.3 is 21.1 Å². The van der Waals surface area contributed by atoms with Crippen molar-refractivity contribution in [2.24, 2.45) is 0 Å². The quantitative estimate of drug-likeness (QED) is 0.389. The molecule has 1 fully saturated rings. The molecule has 3 heterocycles. The molecule has 0 radical (unpaired) electrons. The maximum absolute atomic E-state index is 13.1. The second-order valence-corrected chi connectivity index (χ2v) is 8.09. The van der Waals surface area contributed by atoms with Crippen LogP contribution in [0.5, 0.6) is 5.75 Å². The molecule has 1 saturated heterocycles. The molecule has 0 aliphatic carbocycles. The number of aromatic nitrogens is 4. The molecule has 1 aromatic carbocycles. The Hall–Kier alpha value is -3.37. The summed E-state index contributed by atoms with van der Waals surface area (Å²) >= 11 is 11.9. The van der Waals surface area contributed by atoms with Gasteiger partial charge in [0.2, 0.25) is 5.91 Å². The molecule has 2 amide bonds. The molecule has 0 bridgehead atoms. The monoisotopic (exact) mass is 475 g/mol. The first kappa shape index (κ1) is 21.8. The number of fused-ring (bicyclic) bond motifs is 1. The van der Waals surface area contributed by atoms with Crippen LogP contribution in [0.25, 0.3) is 11.0 Å². The van der Waals surface area contributed by atoms with Crippen molar-refractivity contribution in [1.82, 2.24) is 24.6 Å². The second-order valence-electron chi connectivity index (χ2n) is 7.28. The SMILES string of the molecule is C=CC(=O)N1CCCC(n2nc(C(=O)Nc3cc(Cl)c(O)c(Cl)c3)c3c(N)ncnc32)C1. The van der Waals surface area contributed by atoms with Gasteiger partial charge in [0.1, 0.15) is 12.1 Å². The van der Waals surface area contributed by atoms with E-state index in [0.29, 0.717) is 24.1 Å². The number of phenolic OH excluding ortho intramolecular Hbond substituents is 1. The lowest BCUT2D eigenvalue weighted by atomic mass is 10.1. The molecule has 166 valence electrons. The summed E-state index contributed by atoms with van der Waals surface area (Å²) in [4.78, 5) is 35.1. The highest BCUT2D eigenvalue weighted by atomic mass is 35.5. The van der Waals surface area contributed by atoms with Crippen molar-refractivity contribution < 1.29 is 14.7 Å². The van der Waals surface area contributed by atoms with Crippen molar-refractivity contribution in [3.05, 3.63) is 46.9 Å². The Morgan fingerprint density at radius 2 is 2.00 bits per heavy atom. The smallest absolute Gasteiger partial charge is 0.277 e. The van der Waals surface area contributed by atoms with Crippen LogP contribution in [0.4, 0.5) is 11.5 Å². The molecule has 12 heteroatoms. The average molecular weight is 476 g/mol. The summed E-state index contributed by atoms with van der Waals surface area (Å²) in [5.74, 6) is -0.931. The summed E-state index contributed by atoms with van der Waals surface area (Å²) < 4.78 is 1.61. The zero-order valence-corrected chi connectivity index (χ0v) is 18.3. The third-order valence-electron chi connectivity index (χ3n) is 5.24. The van der Waals surface area contributed by atoms with E-state index in [0.717, 1.165) is 12.8 Å². The van der Waals surface area contributed by atoms with Crippen molar-refractivity contribution in [2.75, 3.05) is 24.1 Å². The fourth-order valence-electron chi connectivity index (χ4n) is 3.72. The number of benzene rings is 1. The first-order valence-corrected chi connectivity index (χ1v) is 10.4. The number of amides is 2. The second kappa shape index (κ2) is 8.64. The normalized spacial score (nSPS) is 16.2. The number of hydrogen-bond donors (Lipinski definition) is 3. The van der Waals surface area contributed by atoms with Gasteiger partial charge in [0, 0.05) is 18.8 Å². The highest BCUT2D eigenvalue weighted by Crippen LogP contribution is 2.35. The topological polar surface area (TPSA) is 139 Å². The molecule has 2 aromatic heterocycles. The van der Waals surface area contributed by atoms with Gasteiger partial charge in [-0.1, -0.05) is 29.8 Å². The van der Waals surface area contributed by atoms with Crippen molar-refractivity contribution in [1.29, 1.82) is 0 Å². The van der Waals surface area contributed by atoms with Crippen LogP contribution in [0.3, 0.4) is 0 Å². The van der Waals surface area contributed by atoms with E-state index < -0.39 is 5.91 Å². The first-order chi connectivity index (χ1) is 15.3. The molecule has 32 heavy (non-hydrogen) atoms. The lowest BCUT2D eigenvalue weighted by Gasteiger charge is -2.32. The minimum atomic E-state index is -0.581. The number of nitrogens with zero attached hydrogens (tertiary/aromatic N) is 5. The summed E-state index contributed by atoms with van der Waals surface area (Å²) in [5, 5.41) is 17.1. The molecule has 0 spiro atoms. The first-order valence-electron chi connectivity index (χ1n) is 9.69. The number of carbonyl (C=O) groups excluding carboxylic acids is 2. The third-order valence-corrected chi connectivity index (χ3v) is 5.81. The molecule has 1 aliphatic heterocycles. The Morgan fingerprint density at radius 1 is 1.28 bits per heavy atom. The fourth-order valence-corrected chi connectivity index (χ4v) is 4.21. The number of piperidine rings is 1. The van der Waals surface area contributed by atoms with E-state index in [2.05, 4.69) is 27.0 Å². The van der Waals surface area contributed by atoms with E-state index in [1.807, 2.05) is 0 Å². The highest BCUT2D eigenvalue weighted by Gasteiger charge is 2.29. The highest BCUT2D eigenvalue weighted by molar-refractivity contribution is 6.37. The van der Waals surface area contributed by atoms with E-state index in [-0.39, 0.29) is 44.9 Å². The van der Waals surface area contributed by atoms with Crippen LogP contribution in [-0.4, -0.2) is 54.7 Å². The molecule has 1 aliphatic rings. The van der Waals surface area contributed by atoms with Gasteiger partial charge in [-0.3, -0.25) is 9.59 Å². The van der Waals surface area contributed by atoms with Crippen LogP contribution in [0.1, 0.15) is 29.4 Å².